The molecule has 0 aromatic carbocycles. The Kier molecular flexibility index (Phi) is 5.43. The van der Waals surface area contributed by atoms with Crippen molar-refractivity contribution in [3.63, 3.8) is 0 Å². The minimum Gasteiger partial charge on any atom is -0.380 e. The minimum atomic E-state index is 0.255. The van der Waals surface area contributed by atoms with E-state index in [4.69, 9.17) is 0 Å². The van der Waals surface area contributed by atoms with Gasteiger partial charge in [0, 0.05) is 12.6 Å². The van der Waals surface area contributed by atoms with Crippen LogP contribution in [-0.4, -0.2) is 38.4 Å². The van der Waals surface area contributed by atoms with Crippen molar-refractivity contribution in [2.75, 3.05) is 21.1 Å². The highest BCUT2D eigenvalue weighted by Gasteiger charge is 2.19. The summed E-state index contributed by atoms with van der Waals surface area (Å²) in [5.74, 6) is 0. The summed E-state index contributed by atoms with van der Waals surface area (Å²) < 4.78 is 0. The van der Waals surface area contributed by atoms with E-state index in [-0.39, 0.29) is 6.04 Å². The smallest absolute Gasteiger partial charge is 0.124 e. The number of aldehydes is 1. The van der Waals surface area contributed by atoms with E-state index in [2.05, 4.69) is 17.5 Å². The van der Waals surface area contributed by atoms with Crippen LogP contribution in [0.3, 0.4) is 0 Å². The zero-order valence-electron chi connectivity index (χ0n) is 10.7. The summed E-state index contributed by atoms with van der Waals surface area (Å²) in [5.41, 5.74) is 2.30. The van der Waals surface area contributed by atoms with E-state index in [1.807, 2.05) is 50.5 Å². The van der Waals surface area contributed by atoms with Crippen LogP contribution in [0.25, 0.3) is 0 Å². The van der Waals surface area contributed by atoms with Gasteiger partial charge in [-0.3, -0.25) is 0 Å². The lowest BCUT2D eigenvalue weighted by molar-refractivity contribution is -0.107. The molecule has 2 aliphatic rings. The summed E-state index contributed by atoms with van der Waals surface area (Å²) in [5, 5.41) is 3.22. The van der Waals surface area contributed by atoms with E-state index < -0.39 is 0 Å². The number of allylic oxidation sites excluding steroid dienone is 4. The van der Waals surface area contributed by atoms with Crippen LogP contribution < -0.4 is 5.32 Å². The third kappa shape index (κ3) is 4.41. The van der Waals surface area contributed by atoms with Gasteiger partial charge in [0.15, 0.2) is 0 Å². The van der Waals surface area contributed by atoms with E-state index in [0.717, 1.165) is 11.9 Å². The molecule has 1 heterocycles. The molecule has 92 valence electrons. The van der Waals surface area contributed by atoms with Crippen molar-refractivity contribution in [1.82, 2.24) is 10.2 Å². The van der Waals surface area contributed by atoms with Crippen LogP contribution >= 0.6 is 0 Å². The first-order chi connectivity index (χ1) is 8.15. The van der Waals surface area contributed by atoms with Gasteiger partial charge in [-0.05, 0) is 32.3 Å². The van der Waals surface area contributed by atoms with Crippen molar-refractivity contribution in [2.45, 2.75) is 12.5 Å². The fraction of sp³-hybridized carbons (Fsp3) is 0.357. The van der Waals surface area contributed by atoms with Crippen molar-refractivity contribution in [1.29, 1.82) is 0 Å². The summed E-state index contributed by atoms with van der Waals surface area (Å²) in [4.78, 5) is 12.4. The van der Waals surface area contributed by atoms with E-state index in [1.165, 1.54) is 5.57 Å². The minimum absolute atomic E-state index is 0.255. The zero-order chi connectivity index (χ0) is 12.7. The predicted octanol–water partition coefficient (Wildman–Crippen LogP) is 1.66. The van der Waals surface area contributed by atoms with Gasteiger partial charge in [0.1, 0.15) is 6.29 Å². The molecule has 0 bridgehead atoms. The van der Waals surface area contributed by atoms with Gasteiger partial charge in [0.05, 0.1) is 6.04 Å². The van der Waals surface area contributed by atoms with Crippen LogP contribution in [0.4, 0.5) is 0 Å². The molecule has 0 aromatic rings. The van der Waals surface area contributed by atoms with Gasteiger partial charge in [-0.15, -0.1) is 0 Å². The van der Waals surface area contributed by atoms with Crippen LogP contribution in [0.15, 0.2) is 47.7 Å². The van der Waals surface area contributed by atoms with Crippen molar-refractivity contribution >= 4 is 6.29 Å². The van der Waals surface area contributed by atoms with Crippen LogP contribution in [-0.2, 0) is 4.79 Å². The topological polar surface area (TPSA) is 32.3 Å². The lowest BCUT2D eigenvalue weighted by Gasteiger charge is -2.07. The second kappa shape index (κ2) is 6.86. The Morgan fingerprint density at radius 2 is 2.00 bits per heavy atom. The monoisotopic (exact) mass is 232 g/mol. The van der Waals surface area contributed by atoms with Crippen LogP contribution in [0.1, 0.15) is 6.42 Å². The highest BCUT2D eigenvalue weighted by atomic mass is 16.1. The van der Waals surface area contributed by atoms with Crippen molar-refractivity contribution in [2.24, 2.45) is 0 Å². The predicted molar refractivity (Wildman–Crippen MR) is 71.7 cm³/mol. The van der Waals surface area contributed by atoms with Crippen LogP contribution in [0.5, 0.6) is 0 Å². The Hall–Kier alpha value is -1.61. The number of nitrogens with one attached hydrogen (secondary N) is 1. The fourth-order valence-corrected chi connectivity index (χ4v) is 1.60. The second-order valence-corrected chi connectivity index (χ2v) is 4.42. The molecule has 1 aliphatic carbocycles. The van der Waals surface area contributed by atoms with Crippen molar-refractivity contribution in [3.8, 4) is 0 Å². The van der Waals surface area contributed by atoms with Gasteiger partial charge in [0.2, 0.25) is 0 Å². The normalized spacial score (nSPS) is 20.6. The molecule has 0 saturated heterocycles. The third-order valence-electron chi connectivity index (χ3n) is 2.25. The fourth-order valence-electron chi connectivity index (χ4n) is 1.60. The third-order valence-corrected chi connectivity index (χ3v) is 2.25. The molecule has 0 saturated carbocycles. The van der Waals surface area contributed by atoms with Crippen LogP contribution in [0.2, 0.25) is 0 Å². The quantitative estimate of drug-likeness (QED) is 0.735. The van der Waals surface area contributed by atoms with Gasteiger partial charge in [-0.25, -0.2) is 0 Å². The standard InChI is InChI=1S/C11H11NO.C3H9N/c13-7-6-9-8-12-11-5-3-1-2-4-10(9)11;1-4(2)3/h1-5,7-8,11-12H,6H2;1-3H3. The number of carbonyl (C=O) groups is 1. The number of nitrogens with zero attached hydrogens (tertiary/aromatic N) is 1. The van der Waals surface area contributed by atoms with Gasteiger partial charge < -0.3 is 15.0 Å². The van der Waals surface area contributed by atoms with E-state index in [0.29, 0.717) is 6.42 Å². The first-order valence-electron chi connectivity index (χ1n) is 5.70. The number of fused-ring (bicyclic) bond motifs is 1. The molecular formula is C14H20N2O. The van der Waals surface area contributed by atoms with Crippen molar-refractivity contribution < 1.29 is 4.79 Å². The zero-order valence-corrected chi connectivity index (χ0v) is 10.7. The van der Waals surface area contributed by atoms with Gasteiger partial charge in [-0.2, -0.15) is 0 Å². The molecule has 0 spiro atoms. The molecule has 2 rings (SSSR count). The summed E-state index contributed by atoms with van der Waals surface area (Å²) >= 11 is 0. The maximum absolute atomic E-state index is 10.4. The van der Waals surface area contributed by atoms with E-state index in [9.17, 15) is 4.79 Å². The highest BCUT2D eigenvalue weighted by Crippen LogP contribution is 2.24. The summed E-state index contributed by atoms with van der Waals surface area (Å²) in [6.45, 7) is 0. The Bertz CT molecular complexity index is 373. The Morgan fingerprint density at radius 3 is 2.65 bits per heavy atom. The first kappa shape index (κ1) is 13.5. The molecule has 0 fully saturated rings. The SMILES string of the molecule is CN(C)C.O=CCC1=CNC2C=CC=CC=C12. The largest absolute Gasteiger partial charge is 0.380 e. The molecule has 1 atom stereocenters. The number of hydrogen-bond donors (Lipinski definition) is 1. The van der Waals surface area contributed by atoms with Gasteiger partial charge in [0.25, 0.3) is 0 Å². The molecule has 17 heavy (non-hydrogen) atoms. The number of carbonyl (C=O) groups excluding carboxylic acids is 1. The molecule has 3 heteroatoms. The molecule has 1 aliphatic heterocycles. The summed E-state index contributed by atoms with van der Waals surface area (Å²) in [7, 11) is 6.00. The molecule has 1 unspecified atom stereocenters. The Labute approximate surface area is 103 Å². The maximum Gasteiger partial charge on any atom is 0.124 e. The Balaban J connectivity index is 0.000000317. The Morgan fingerprint density at radius 1 is 1.29 bits per heavy atom. The lowest BCUT2D eigenvalue weighted by Crippen LogP contribution is -2.17. The van der Waals surface area contributed by atoms with Gasteiger partial charge >= 0.3 is 0 Å². The maximum atomic E-state index is 10.4. The second-order valence-electron chi connectivity index (χ2n) is 4.42. The number of hydrogen-bond acceptors (Lipinski definition) is 3. The number of rotatable bonds is 2. The van der Waals surface area contributed by atoms with Gasteiger partial charge in [-0.1, -0.05) is 30.4 Å². The lowest BCUT2D eigenvalue weighted by atomic mass is 10.0. The average Bonchev–Trinajstić information content (AvgIpc) is 2.49. The molecule has 0 amide bonds. The highest BCUT2D eigenvalue weighted by molar-refractivity contribution is 5.61. The summed E-state index contributed by atoms with van der Waals surface area (Å²) in [6, 6.07) is 0.255. The molecular weight excluding hydrogens is 212 g/mol. The molecule has 1 N–H and O–H groups in total. The average molecular weight is 232 g/mol. The molecule has 3 nitrogen and oxygen atoms in total. The molecule has 0 aromatic heterocycles. The summed E-state index contributed by atoms with van der Waals surface area (Å²) in [6.07, 6.45) is 13.5. The first-order valence-corrected chi connectivity index (χ1v) is 5.70. The van der Waals surface area contributed by atoms with Crippen molar-refractivity contribution in [3.05, 3.63) is 47.7 Å². The molecule has 0 radical (unpaired) electrons. The van der Waals surface area contributed by atoms with E-state index >= 15 is 0 Å². The van der Waals surface area contributed by atoms with E-state index in [1.54, 1.807) is 0 Å². The van der Waals surface area contributed by atoms with Crippen LogP contribution in [0, 0.1) is 0 Å².